The minimum absolute atomic E-state index is 0.0640. The minimum atomic E-state index is -0.567. The quantitative estimate of drug-likeness (QED) is 0.573. The Hall–Kier alpha value is -3.33. The third-order valence-electron chi connectivity index (χ3n) is 5.20. The van der Waals surface area contributed by atoms with E-state index in [4.69, 9.17) is 9.47 Å². The molecular formula is C24H26N4O4S. The maximum Gasteiger partial charge on any atom is 0.263 e. The lowest BCUT2D eigenvalue weighted by atomic mass is 10.2. The van der Waals surface area contributed by atoms with Gasteiger partial charge in [0.2, 0.25) is 5.91 Å². The molecule has 2 aromatic rings. The molecule has 1 saturated heterocycles. The minimum Gasteiger partial charge on any atom is -0.493 e. The van der Waals surface area contributed by atoms with Crippen LogP contribution in [0.15, 0.2) is 58.6 Å². The first-order valence-electron chi connectivity index (χ1n) is 10.7. The number of carbonyl (C=O) groups is 2. The molecule has 4 rings (SSSR count). The highest BCUT2D eigenvalue weighted by molar-refractivity contribution is 8.15. The van der Waals surface area contributed by atoms with Gasteiger partial charge in [-0.2, -0.15) is 10.1 Å². The van der Waals surface area contributed by atoms with Crippen LogP contribution < -0.4 is 14.8 Å². The van der Waals surface area contributed by atoms with Crippen LogP contribution >= 0.6 is 11.8 Å². The molecule has 0 bridgehead atoms. The zero-order chi connectivity index (χ0) is 23.2. The van der Waals surface area contributed by atoms with Crippen molar-refractivity contribution in [2.24, 2.45) is 10.1 Å². The molecule has 2 aromatic carbocycles. The van der Waals surface area contributed by atoms with Crippen molar-refractivity contribution in [3.63, 3.8) is 0 Å². The largest absolute Gasteiger partial charge is 0.493 e. The van der Waals surface area contributed by atoms with Crippen LogP contribution in [0.1, 0.15) is 30.4 Å². The van der Waals surface area contributed by atoms with Gasteiger partial charge in [0.25, 0.3) is 5.91 Å². The molecule has 8 nitrogen and oxygen atoms in total. The van der Waals surface area contributed by atoms with E-state index in [1.54, 1.807) is 26.5 Å². The van der Waals surface area contributed by atoms with Gasteiger partial charge in [-0.05, 0) is 30.5 Å². The number of rotatable bonds is 9. The maximum absolute atomic E-state index is 13.1. The highest BCUT2D eigenvalue weighted by atomic mass is 32.2. The fraction of sp³-hybridized carbons (Fsp3) is 0.333. The number of hydrogen-bond acceptors (Lipinski definition) is 7. The number of ether oxygens (including phenoxy) is 2. The monoisotopic (exact) mass is 466 g/mol. The average molecular weight is 467 g/mol. The number of amidine groups is 1. The Kier molecular flexibility index (Phi) is 7.29. The van der Waals surface area contributed by atoms with Crippen molar-refractivity contribution in [1.82, 2.24) is 10.3 Å². The van der Waals surface area contributed by atoms with E-state index >= 15 is 0 Å². The SMILES string of the molecule is COc1cccc(C=NN2C(=O)C(CC(=O)NCc3ccccc3)SC2=NC2CC2)c1OC. The van der Waals surface area contributed by atoms with E-state index in [1.807, 2.05) is 42.5 Å². The highest BCUT2D eigenvalue weighted by Gasteiger charge is 2.40. The first kappa shape index (κ1) is 22.8. The summed E-state index contributed by atoms with van der Waals surface area (Å²) >= 11 is 1.29. The number of thioether (sulfide) groups is 1. The van der Waals surface area contributed by atoms with Crippen LogP contribution in [0.25, 0.3) is 0 Å². The lowest BCUT2D eigenvalue weighted by Gasteiger charge is -2.12. The number of carbonyl (C=O) groups excluding carboxylic acids is 2. The summed E-state index contributed by atoms with van der Waals surface area (Å²) in [5.41, 5.74) is 1.68. The number of nitrogens with zero attached hydrogens (tertiary/aromatic N) is 3. The number of nitrogens with one attached hydrogen (secondary N) is 1. The van der Waals surface area contributed by atoms with Crippen LogP contribution in [0.4, 0.5) is 0 Å². The van der Waals surface area contributed by atoms with Crippen molar-refractivity contribution in [1.29, 1.82) is 0 Å². The fourth-order valence-corrected chi connectivity index (χ4v) is 4.45. The first-order valence-corrected chi connectivity index (χ1v) is 11.6. The van der Waals surface area contributed by atoms with Crippen LogP contribution in [0.2, 0.25) is 0 Å². The second kappa shape index (κ2) is 10.5. The normalized spacial score (nSPS) is 19.3. The van der Waals surface area contributed by atoms with E-state index in [1.165, 1.54) is 16.8 Å². The molecular weight excluding hydrogens is 440 g/mol. The third-order valence-corrected chi connectivity index (χ3v) is 6.34. The summed E-state index contributed by atoms with van der Waals surface area (Å²) in [6, 6.07) is 15.3. The number of aliphatic imine (C=N–C) groups is 1. The van der Waals surface area contributed by atoms with E-state index in [0.717, 1.165) is 18.4 Å². The number of para-hydroxylation sites is 1. The number of amides is 2. The van der Waals surface area contributed by atoms with Gasteiger partial charge in [-0.1, -0.05) is 48.2 Å². The van der Waals surface area contributed by atoms with E-state index < -0.39 is 5.25 Å². The first-order chi connectivity index (χ1) is 16.1. The van der Waals surface area contributed by atoms with Crippen molar-refractivity contribution in [2.45, 2.75) is 37.1 Å². The molecule has 33 heavy (non-hydrogen) atoms. The fourth-order valence-electron chi connectivity index (χ4n) is 3.31. The predicted molar refractivity (Wildman–Crippen MR) is 129 cm³/mol. The second-order valence-corrected chi connectivity index (χ2v) is 8.86. The number of hydrazone groups is 1. The Morgan fingerprint density at radius 1 is 1.15 bits per heavy atom. The molecule has 0 aromatic heterocycles. The number of benzene rings is 2. The zero-order valence-corrected chi connectivity index (χ0v) is 19.4. The summed E-state index contributed by atoms with van der Waals surface area (Å²) in [6.07, 6.45) is 3.62. The molecule has 9 heteroatoms. The molecule has 1 unspecified atom stereocenters. The Morgan fingerprint density at radius 3 is 2.64 bits per heavy atom. The van der Waals surface area contributed by atoms with Crippen molar-refractivity contribution in [3.8, 4) is 11.5 Å². The summed E-state index contributed by atoms with van der Waals surface area (Å²) < 4.78 is 10.8. The van der Waals surface area contributed by atoms with Gasteiger partial charge in [0.1, 0.15) is 5.25 Å². The van der Waals surface area contributed by atoms with E-state index in [9.17, 15) is 9.59 Å². The number of hydrogen-bond donors (Lipinski definition) is 1. The van der Waals surface area contributed by atoms with Gasteiger partial charge in [0.15, 0.2) is 16.7 Å². The molecule has 1 atom stereocenters. The molecule has 1 heterocycles. The predicted octanol–water partition coefficient (Wildman–Crippen LogP) is 3.21. The van der Waals surface area contributed by atoms with Gasteiger partial charge in [-0.3, -0.25) is 14.6 Å². The average Bonchev–Trinajstić information content (AvgIpc) is 3.61. The smallest absolute Gasteiger partial charge is 0.263 e. The Bertz CT molecular complexity index is 1070. The van der Waals surface area contributed by atoms with Gasteiger partial charge < -0.3 is 14.8 Å². The molecule has 2 aliphatic rings. The Morgan fingerprint density at radius 2 is 1.94 bits per heavy atom. The molecule has 1 aliphatic heterocycles. The highest BCUT2D eigenvalue weighted by Crippen LogP contribution is 2.34. The number of methoxy groups -OCH3 is 2. The molecule has 1 N–H and O–H groups in total. The van der Waals surface area contributed by atoms with Gasteiger partial charge >= 0.3 is 0 Å². The summed E-state index contributed by atoms with van der Waals surface area (Å²) in [6.45, 7) is 0.422. The third kappa shape index (κ3) is 5.73. The standard InChI is InChI=1S/C24H26N4O4S/c1-31-19-10-6-9-17(22(19)32-2)15-26-28-23(30)20(33-24(28)27-18-11-12-18)13-21(29)25-14-16-7-4-3-5-8-16/h3-10,15,18,20H,11-14H2,1-2H3,(H,25,29). The van der Waals surface area contributed by atoms with Crippen LogP contribution in [0.5, 0.6) is 11.5 Å². The van der Waals surface area contributed by atoms with Crippen LogP contribution in [-0.4, -0.2) is 53.7 Å². The Labute approximate surface area is 197 Å². The maximum atomic E-state index is 13.1. The Balaban J connectivity index is 1.46. The van der Waals surface area contributed by atoms with Crippen LogP contribution in [-0.2, 0) is 16.1 Å². The summed E-state index contributed by atoms with van der Waals surface area (Å²) in [4.78, 5) is 30.2. The molecule has 2 amide bonds. The van der Waals surface area contributed by atoms with Gasteiger partial charge in [-0.15, -0.1) is 0 Å². The van der Waals surface area contributed by atoms with Gasteiger partial charge in [-0.25, -0.2) is 0 Å². The molecule has 0 spiro atoms. The molecule has 1 aliphatic carbocycles. The molecule has 1 saturated carbocycles. The van der Waals surface area contributed by atoms with Crippen LogP contribution in [0, 0.1) is 0 Å². The van der Waals surface area contributed by atoms with Crippen molar-refractivity contribution in [2.75, 3.05) is 14.2 Å². The molecule has 172 valence electrons. The van der Waals surface area contributed by atoms with E-state index in [2.05, 4.69) is 15.4 Å². The van der Waals surface area contributed by atoms with Crippen molar-refractivity contribution < 1.29 is 19.1 Å². The molecule has 0 radical (unpaired) electrons. The van der Waals surface area contributed by atoms with Gasteiger partial charge in [0.05, 0.1) is 26.5 Å². The van der Waals surface area contributed by atoms with Crippen molar-refractivity contribution in [3.05, 3.63) is 59.7 Å². The van der Waals surface area contributed by atoms with E-state index in [-0.39, 0.29) is 24.3 Å². The second-order valence-electron chi connectivity index (χ2n) is 7.69. The van der Waals surface area contributed by atoms with Crippen LogP contribution in [0.3, 0.4) is 0 Å². The summed E-state index contributed by atoms with van der Waals surface area (Å²) in [5.74, 6) is 0.659. The van der Waals surface area contributed by atoms with Gasteiger partial charge in [0, 0.05) is 18.5 Å². The lowest BCUT2D eigenvalue weighted by Crippen LogP contribution is -2.32. The molecule has 2 fully saturated rings. The van der Waals surface area contributed by atoms with Crippen molar-refractivity contribution >= 4 is 35.0 Å². The lowest BCUT2D eigenvalue weighted by molar-refractivity contribution is -0.129. The van der Waals surface area contributed by atoms with E-state index in [0.29, 0.717) is 28.8 Å². The summed E-state index contributed by atoms with van der Waals surface area (Å²) in [7, 11) is 3.11. The summed E-state index contributed by atoms with van der Waals surface area (Å²) in [5, 5.41) is 8.56. The zero-order valence-electron chi connectivity index (χ0n) is 18.6. The topological polar surface area (TPSA) is 92.6 Å².